The van der Waals surface area contributed by atoms with Crippen molar-refractivity contribution in [3.8, 4) is 0 Å². The maximum absolute atomic E-state index is 12.1. The van der Waals surface area contributed by atoms with Gasteiger partial charge in [0, 0.05) is 6.21 Å². The summed E-state index contributed by atoms with van der Waals surface area (Å²) < 4.78 is 12.1. The third-order valence-electron chi connectivity index (χ3n) is 2.27. The Labute approximate surface area is 105 Å². The zero-order valence-corrected chi connectivity index (χ0v) is 10.3. The zero-order valence-electron chi connectivity index (χ0n) is 10.3. The summed E-state index contributed by atoms with van der Waals surface area (Å²) in [6, 6.07) is 6.40. The lowest BCUT2D eigenvalue weighted by Gasteiger charge is -1.98. The fourth-order valence-corrected chi connectivity index (χ4v) is 1.21. The van der Waals surface area contributed by atoms with E-state index in [1.54, 1.807) is 19.1 Å². The first-order valence-electron chi connectivity index (χ1n) is 5.34. The van der Waals surface area contributed by atoms with E-state index in [2.05, 4.69) is 9.97 Å². The van der Waals surface area contributed by atoms with Gasteiger partial charge >= 0.3 is 0 Å². The summed E-state index contributed by atoms with van der Waals surface area (Å²) in [4.78, 5) is 7.59. The van der Waals surface area contributed by atoms with Crippen molar-refractivity contribution in [3.63, 3.8) is 0 Å². The molecular weight excluding hydrogens is 231 g/mol. The molecule has 2 rings (SSSR count). The van der Waals surface area contributed by atoms with Gasteiger partial charge in [0.2, 0.25) is 0 Å². The number of hydrogen-bond acceptors (Lipinski definition) is 4. The van der Waals surface area contributed by atoms with Crippen LogP contribution < -0.4 is 5.73 Å². The molecule has 0 radical (unpaired) electrons. The number of aromatic nitrogens is 2. The van der Waals surface area contributed by atoms with E-state index in [4.69, 9.17) is 11.1 Å². The number of anilines is 1. The average molecular weight is 246 g/mol. The minimum atomic E-state index is -0.171. The molecule has 5 heteroatoms. The van der Waals surface area contributed by atoms with Gasteiger partial charge in [-0.15, -0.1) is 0 Å². The number of hydrogen-bond donors (Lipinski definition) is 2. The van der Waals surface area contributed by atoms with Crippen molar-refractivity contribution in [1.82, 2.24) is 9.97 Å². The first kappa shape index (κ1) is 13.8. The molecule has 0 aliphatic heterocycles. The molecule has 0 atom stereocenters. The standard InChI is InChI=1S/C7H7F.C6H8N4/c1-6-2-4-7(8)5-3-6;1-4-5(2-7)6(8)10-3-9-4/h2-5H,1H3;2-3,7H,1H3,(H2,8,9,10). The minimum absolute atomic E-state index is 0.171. The fourth-order valence-electron chi connectivity index (χ4n) is 1.21. The van der Waals surface area contributed by atoms with E-state index >= 15 is 0 Å². The molecule has 0 aliphatic carbocycles. The predicted octanol–water partition coefficient (Wildman–Crippen LogP) is 2.50. The number of nitrogens with two attached hydrogens (primary N) is 1. The molecule has 0 saturated heterocycles. The highest BCUT2D eigenvalue weighted by Crippen LogP contribution is 2.06. The normalized spacial score (nSPS) is 9.28. The number of nitrogens with one attached hydrogen (secondary N) is 1. The summed E-state index contributed by atoms with van der Waals surface area (Å²) in [6.07, 6.45) is 2.54. The van der Waals surface area contributed by atoms with E-state index in [1.165, 1.54) is 18.5 Å². The zero-order chi connectivity index (χ0) is 13.5. The van der Waals surface area contributed by atoms with E-state index in [9.17, 15) is 4.39 Å². The molecule has 0 bridgehead atoms. The summed E-state index contributed by atoms with van der Waals surface area (Å²) in [5.74, 6) is 0.193. The van der Waals surface area contributed by atoms with Gasteiger partial charge < -0.3 is 11.1 Å². The second-order valence-corrected chi connectivity index (χ2v) is 3.70. The highest BCUT2D eigenvalue weighted by Gasteiger charge is 1.99. The van der Waals surface area contributed by atoms with Crippen LogP contribution in [0.25, 0.3) is 0 Å². The van der Waals surface area contributed by atoms with Gasteiger partial charge in [-0.25, -0.2) is 14.4 Å². The van der Waals surface area contributed by atoms with Crippen LogP contribution in [0.1, 0.15) is 16.8 Å². The fraction of sp³-hybridized carbons (Fsp3) is 0.154. The number of aryl methyl sites for hydroxylation is 2. The molecule has 4 nitrogen and oxygen atoms in total. The van der Waals surface area contributed by atoms with E-state index in [0.29, 0.717) is 11.4 Å². The third kappa shape index (κ3) is 3.93. The van der Waals surface area contributed by atoms with E-state index in [1.807, 2.05) is 6.92 Å². The monoisotopic (exact) mass is 246 g/mol. The van der Waals surface area contributed by atoms with Crippen LogP contribution in [0.4, 0.5) is 10.2 Å². The highest BCUT2D eigenvalue weighted by atomic mass is 19.1. The lowest BCUT2D eigenvalue weighted by Crippen LogP contribution is -2.00. The highest BCUT2D eigenvalue weighted by molar-refractivity contribution is 5.84. The van der Waals surface area contributed by atoms with Crippen LogP contribution in [-0.2, 0) is 0 Å². The summed E-state index contributed by atoms with van der Waals surface area (Å²) >= 11 is 0. The van der Waals surface area contributed by atoms with Crippen LogP contribution in [0.2, 0.25) is 0 Å². The van der Waals surface area contributed by atoms with Crippen LogP contribution in [0, 0.1) is 25.1 Å². The third-order valence-corrected chi connectivity index (χ3v) is 2.27. The van der Waals surface area contributed by atoms with Crippen molar-refractivity contribution >= 4 is 12.0 Å². The SMILES string of the molecule is Cc1ccc(F)cc1.Cc1ncnc(N)c1C=N. The van der Waals surface area contributed by atoms with Crippen molar-refractivity contribution < 1.29 is 4.39 Å². The van der Waals surface area contributed by atoms with Crippen molar-refractivity contribution in [2.24, 2.45) is 0 Å². The van der Waals surface area contributed by atoms with Crippen LogP contribution in [-0.4, -0.2) is 16.2 Å². The van der Waals surface area contributed by atoms with E-state index in [-0.39, 0.29) is 5.82 Å². The summed E-state index contributed by atoms with van der Waals surface area (Å²) in [7, 11) is 0. The lowest BCUT2D eigenvalue weighted by molar-refractivity contribution is 0.627. The number of halogens is 1. The second-order valence-electron chi connectivity index (χ2n) is 3.70. The average Bonchev–Trinajstić information content (AvgIpc) is 2.34. The largest absolute Gasteiger partial charge is 0.383 e. The number of benzene rings is 1. The molecule has 0 amide bonds. The molecule has 2 aromatic rings. The van der Waals surface area contributed by atoms with Crippen LogP contribution >= 0.6 is 0 Å². The van der Waals surface area contributed by atoms with E-state index in [0.717, 1.165) is 17.5 Å². The Bertz CT molecular complexity index is 482. The molecule has 0 aliphatic rings. The molecule has 3 N–H and O–H groups in total. The molecule has 1 heterocycles. The Balaban J connectivity index is 0.000000184. The minimum Gasteiger partial charge on any atom is -0.383 e. The smallest absolute Gasteiger partial charge is 0.135 e. The van der Waals surface area contributed by atoms with Gasteiger partial charge in [-0.05, 0) is 26.0 Å². The van der Waals surface area contributed by atoms with Gasteiger partial charge in [0.25, 0.3) is 0 Å². The topological polar surface area (TPSA) is 75.7 Å². The summed E-state index contributed by atoms with van der Waals surface area (Å²) in [5, 5.41) is 6.94. The molecule has 0 fully saturated rings. The molecule has 1 aromatic carbocycles. The van der Waals surface area contributed by atoms with Gasteiger partial charge in [-0.2, -0.15) is 0 Å². The molecule has 0 unspecified atom stereocenters. The van der Waals surface area contributed by atoms with Crippen molar-refractivity contribution in [3.05, 3.63) is 53.2 Å². The molecule has 18 heavy (non-hydrogen) atoms. The van der Waals surface area contributed by atoms with Crippen molar-refractivity contribution in [2.45, 2.75) is 13.8 Å². The van der Waals surface area contributed by atoms with Gasteiger partial charge in [0.15, 0.2) is 0 Å². The number of rotatable bonds is 1. The Morgan fingerprint density at radius 2 is 1.78 bits per heavy atom. The Hall–Kier alpha value is -2.30. The molecule has 1 aromatic heterocycles. The number of nitrogen functional groups attached to an aromatic ring is 1. The van der Waals surface area contributed by atoms with Gasteiger partial charge in [-0.3, -0.25) is 0 Å². The molecule has 94 valence electrons. The van der Waals surface area contributed by atoms with Crippen molar-refractivity contribution in [1.29, 1.82) is 5.41 Å². The first-order chi connectivity index (χ1) is 8.54. The number of nitrogens with zero attached hydrogens (tertiary/aromatic N) is 2. The van der Waals surface area contributed by atoms with Crippen LogP contribution in [0.3, 0.4) is 0 Å². The first-order valence-corrected chi connectivity index (χ1v) is 5.34. The second kappa shape index (κ2) is 6.44. The lowest BCUT2D eigenvalue weighted by atomic mass is 10.2. The predicted molar refractivity (Wildman–Crippen MR) is 70.2 cm³/mol. The van der Waals surface area contributed by atoms with Crippen molar-refractivity contribution in [2.75, 3.05) is 5.73 Å². The van der Waals surface area contributed by atoms with Gasteiger partial charge in [0.05, 0.1) is 11.3 Å². The maximum atomic E-state index is 12.1. The maximum Gasteiger partial charge on any atom is 0.135 e. The quantitative estimate of drug-likeness (QED) is 0.759. The summed E-state index contributed by atoms with van der Waals surface area (Å²) in [5.41, 5.74) is 7.86. The Morgan fingerprint density at radius 1 is 1.17 bits per heavy atom. The Morgan fingerprint density at radius 3 is 2.17 bits per heavy atom. The van der Waals surface area contributed by atoms with Crippen LogP contribution in [0.15, 0.2) is 30.6 Å². The molecular formula is C13H15FN4. The summed E-state index contributed by atoms with van der Waals surface area (Å²) in [6.45, 7) is 3.72. The van der Waals surface area contributed by atoms with E-state index < -0.39 is 0 Å². The van der Waals surface area contributed by atoms with Crippen LogP contribution in [0.5, 0.6) is 0 Å². The van der Waals surface area contributed by atoms with Gasteiger partial charge in [-0.1, -0.05) is 17.7 Å². The molecule has 0 spiro atoms. The Kier molecular flexibility index (Phi) is 4.92. The van der Waals surface area contributed by atoms with Gasteiger partial charge in [0.1, 0.15) is 18.0 Å². The molecule has 0 saturated carbocycles.